The molecule has 29 heavy (non-hydrogen) atoms. The SMILES string of the molecule is N#Cc1ccn(-c2cccc(F)c2)c1C(=O)N1CCN(c2ccccc2F)CC1. The third kappa shape index (κ3) is 3.57. The van der Waals surface area contributed by atoms with Crippen LogP contribution in [0.25, 0.3) is 5.69 Å². The summed E-state index contributed by atoms with van der Waals surface area (Å²) in [6.45, 7) is 1.75. The number of nitriles is 1. The van der Waals surface area contributed by atoms with Gasteiger partial charge in [-0.25, -0.2) is 8.78 Å². The van der Waals surface area contributed by atoms with E-state index >= 15 is 0 Å². The molecule has 0 atom stereocenters. The minimum absolute atomic E-state index is 0.206. The van der Waals surface area contributed by atoms with Gasteiger partial charge in [0.15, 0.2) is 0 Å². The summed E-state index contributed by atoms with van der Waals surface area (Å²) in [6, 6.07) is 16.0. The molecule has 1 aliphatic rings. The van der Waals surface area contributed by atoms with Crippen LogP contribution in [0.4, 0.5) is 14.5 Å². The summed E-state index contributed by atoms with van der Waals surface area (Å²) >= 11 is 0. The maximum Gasteiger partial charge on any atom is 0.272 e. The second kappa shape index (κ2) is 7.76. The highest BCUT2D eigenvalue weighted by atomic mass is 19.1. The van der Waals surface area contributed by atoms with Crippen molar-refractivity contribution in [3.05, 3.63) is 83.7 Å². The first-order chi connectivity index (χ1) is 14.1. The fourth-order valence-electron chi connectivity index (χ4n) is 3.59. The minimum Gasteiger partial charge on any atom is -0.366 e. The average Bonchev–Trinajstić information content (AvgIpc) is 3.18. The molecule has 1 aromatic heterocycles. The van der Waals surface area contributed by atoms with Crippen LogP contribution in [0, 0.1) is 23.0 Å². The smallest absolute Gasteiger partial charge is 0.272 e. The first kappa shape index (κ1) is 18.7. The van der Waals surface area contributed by atoms with Gasteiger partial charge >= 0.3 is 0 Å². The number of hydrogen-bond acceptors (Lipinski definition) is 3. The Balaban J connectivity index is 1.57. The molecular formula is C22H18F2N4O. The lowest BCUT2D eigenvalue weighted by atomic mass is 10.2. The van der Waals surface area contributed by atoms with Gasteiger partial charge in [0.05, 0.1) is 11.3 Å². The van der Waals surface area contributed by atoms with E-state index in [4.69, 9.17) is 0 Å². The summed E-state index contributed by atoms with van der Waals surface area (Å²) in [5, 5.41) is 9.44. The molecular weight excluding hydrogens is 374 g/mol. The lowest BCUT2D eigenvalue weighted by Crippen LogP contribution is -2.49. The van der Waals surface area contributed by atoms with E-state index in [1.165, 1.54) is 22.8 Å². The Hall–Kier alpha value is -3.66. The molecule has 7 heteroatoms. The Kier molecular flexibility index (Phi) is 5.00. The molecule has 0 unspecified atom stereocenters. The molecule has 146 valence electrons. The molecule has 4 rings (SSSR count). The van der Waals surface area contributed by atoms with Crippen molar-refractivity contribution in [1.82, 2.24) is 9.47 Å². The number of nitrogens with zero attached hydrogens (tertiary/aromatic N) is 4. The van der Waals surface area contributed by atoms with Gasteiger partial charge in [-0.1, -0.05) is 18.2 Å². The molecule has 0 spiro atoms. The zero-order chi connectivity index (χ0) is 20.4. The lowest BCUT2D eigenvalue weighted by molar-refractivity contribution is 0.0738. The van der Waals surface area contributed by atoms with Gasteiger partial charge in [-0.15, -0.1) is 0 Å². The number of anilines is 1. The van der Waals surface area contributed by atoms with E-state index < -0.39 is 5.82 Å². The lowest BCUT2D eigenvalue weighted by Gasteiger charge is -2.36. The molecule has 5 nitrogen and oxygen atoms in total. The highest BCUT2D eigenvalue weighted by Gasteiger charge is 2.27. The first-order valence-electron chi connectivity index (χ1n) is 9.24. The summed E-state index contributed by atoms with van der Waals surface area (Å²) in [7, 11) is 0. The van der Waals surface area contributed by atoms with Crippen LogP contribution in [0.3, 0.4) is 0 Å². The van der Waals surface area contributed by atoms with Crippen molar-refractivity contribution in [3.8, 4) is 11.8 Å². The second-order valence-electron chi connectivity index (χ2n) is 6.77. The van der Waals surface area contributed by atoms with Gasteiger partial charge in [0.25, 0.3) is 5.91 Å². The molecule has 0 aliphatic carbocycles. The molecule has 3 aromatic rings. The van der Waals surface area contributed by atoms with Gasteiger partial charge < -0.3 is 14.4 Å². The Bertz CT molecular complexity index is 1090. The topological polar surface area (TPSA) is 52.3 Å². The molecule has 1 aliphatic heterocycles. The van der Waals surface area contributed by atoms with Crippen LogP contribution >= 0.6 is 0 Å². The van der Waals surface area contributed by atoms with Crippen molar-refractivity contribution in [1.29, 1.82) is 5.26 Å². The van der Waals surface area contributed by atoms with Crippen molar-refractivity contribution >= 4 is 11.6 Å². The molecule has 2 aromatic carbocycles. The van der Waals surface area contributed by atoms with Crippen LogP contribution in [0.2, 0.25) is 0 Å². The Morgan fingerprint density at radius 3 is 2.41 bits per heavy atom. The molecule has 1 amide bonds. The third-order valence-corrected chi connectivity index (χ3v) is 5.06. The van der Waals surface area contributed by atoms with Gasteiger partial charge in [0.2, 0.25) is 0 Å². The predicted octanol–water partition coefficient (Wildman–Crippen LogP) is 3.59. The molecule has 1 saturated heterocycles. The fraction of sp³-hybridized carbons (Fsp3) is 0.182. The maximum atomic E-state index is 14.0. The zero-order valence-corrected chi connectivity index (χ0v) is 15.6. The van der Waals surface area contributed by atoms with Crippen LogP contribution in [0.5, 0.6) is 0 Å². The number of carbonyl (C=O) groups is 1. The molecule has 0 saturated carbocycles. The van der Waals surface area contributed by atoms with Crippen molar-refractivity contribution < 1.29 is 13.6 Å². The Morgan fingerprint density at radius 2 is 1.72 bits per heavy atom. The Morgan fingerprint density at radius 1 is 0.966 bits per heavy atom. The van der Waals surface area contributed by atoms with Crippen LogP contribution < -0.4 is 4.90 Å². The highest BCUT2D eigenvalue weighted by molar-refractivity contribution is 5.96. The molecule has 2 heterocycles. The average molecular weight is 392 g/mol. The van der Waals surface area contributed by atoms with E-state index in [1.54, 1.807) is 47.5 Å². The van der Waals surface area contributed by atoms with E-state index in [0.717, 1.165) is 0 Å². The fourth-order valence-corrected chi connectivity index (χ4v) is 3.59. The van der Waals surface area contributed by atoms with Crippen molar-refractivity contribution in [3.63, 3.8) is 0 Å². The predicted molar refractivity (Wildman–Crippen MR) is 105 cm³/mol. The van der Waals surface area contributed by atoms with E-state index in [9.17, 15) is 18.8 Å². The number of rotatable bonds is 3. The second-order valence-corrected chi connectivity index (χ2v) is 6.77. The van der Waals surface area contributed by atoms with Gasteiger partial charge in [-0.2, -0.15) is 5.26 Å². The van der Waals surface area contributed by atoms with Crippen LogP contribution in [-0.2, 0) is 0 Å². The standard InChI is InChI=1S/C22H18F2N4O/c23-17-4-3-5-18(14-17)28-9-8-16(15-25)21(28)22(29)27-12-10-26(11-13-27)20-7-2-1-6-19(20)24/h1-9,14H,10-13H2. The van der Waals surface area contributed by atoms with Gasteiger partial charge in [-0.3, -0.25) is 4.79 Å². The van der Waals surface area contributed by atoms with Gasteiger partial charge in [0, 0.05) is 38.1 Å². The number of amides is 1. The minimum atomic E-state index is -0.424. The van der Waals surface area contributed by atoms with Crippen molar-refractivity contribution in [2.45, 2.75) is 0 Å². The summed E-state index contributed by atoms with van der Waals surface area (Å²) in [5.74, 6) is -1.02. The summed E-state index contributed by atoms with van der Waals surface area (Å²) in [5.41, 5.74) is 1.42. The van der Waals surface area contributed by atoms with Crippen molar-refractivity contribution in [2.24, 2.45) is 0 Å². The number of aromatic nitrogens is 1. The number of halogens is 2. The van der Waals surface area contributed by atoms with Gasteiger partial charge in [0.1, 0.15) is 23.4 Å². The van der Waals surface area contributed by atoms with E-state index in [0.29, 0.717) is 37.6 Å². The first-order valence-corrected chi connectivity index (χ1v) is 9.24. The number of para-hydroxylation sites is 1. The van der Waals surface area contributed by atoms with E-state index in [1.807, 2.05) is 11.0 Å². The van der Waals surface area contributed by atoms with Crippen LogP contribution in [-0.4, -0.2) is 41.6 Å². The quantitative estimate of drug-likeness (QED) is 0.685. The summed E-state index contributed by atoms with van der Waals surface area (Å²) in [6.07, 6.45) is 1.59. The number of carbonyl (C=O) groups excluding carboxylic acids is 1. The number of piperazine rings is 1. The normalized spacial score (nSPS) is 14.0. The number of benzene rings is 2. The van der Waals surface area contributed by atoms with Crippen molar-refractivity contribution in [2.75, 3.05) is 31.1 Å². The molecule has 0 N–H and O–H groups in total. The molecule has 0 radical (unpaired) electrons. The van der Waals surface area contributed by atoms with E-state index in [-0.39, 0.29) is 23.0 Å². The van der Waals surface area contributed by atoms with Crippen LogP contribution in [0.1, 0.15) is 16.1 Å². The maximum absolute atomic E-state index is 14.0. The Labute approximate surface area is 167 Å². The summed E-state index contributed by atoms with van der Waals surface area (Å²) in [4.78, 5) is 16.7. The van der Waals surface area contributed by atoms with E-state index in [2.05, 4.69) is 0 Å². The highest BCUT2D eigenvalue weighted by Crippen LogP contribution is 2.23. The number of hydrogen-bond donors (Lipinski definition) is 0. The van der Waals surface area contributed by atoms with Gasteiger partial charge in [-0.05, 0) is 36.4 Å². The summed E-state index contributed by atoms with van der Waals surface area (Å²) < 4.78 is 29.2. The largest absolute Gasteiger partial charge is 0.366 e. The zero-order valence-electron chi connectivity index (χ0n) is 15.6. The molecule has 0 bridgehead atoms. The van der Waals surface area contributed by atoms with Crippen LogP contribution in [0.15, 0.2) is 60.8 Å². The third-order valence-electron chi connectivity index (χ3n) is 5.06. The molecule has 1 fully saturated rings. The monoisotopic (exact) mass is 392 g/mol.